The highest BCUT2D eigenvalue weighted by atomic mass is 35.5. The number of anilines is 3. The molecule has 1 atom stereocenters. The molecule has 2 aromatic carbocycles. The number of likely N-dealkylation sites (N-methyl/N-ethyl adjacent to an activating group) is 1. The molecule has 0 aromatic heterocycles. The van der Waals surface area contributed by atoms with Crippen molar-refractivity contribution in [1.82, 2.24) is 4.90 Å². The third-order valence-corrected chi connectivity index (χ3v) is 5.30. The lowest BCUT2D eigenvalue weighted by atomic mass is 10.1. The van der Waals surface area contributed by atoms with Crippen LogP contribution in [0.2, 0.25) is 10.0 Å². The van der Waals surface area contributed by atoms with Gasteiger partial charge in [0.05, 0.1) is 40.2 Å². The molecule has 0 bridgehead atoms. The first-order valence-corrected chi connectivity index (χ1v) is 10.1. The Bertz CT molecular complexity index is 962. The molecule has 3 rings (SSSR count). The molecule has 0 spiro atoms. The molecule has 0 radical (unpaired) electrons. The highest BCUT2D eigenvalue weighted by Gasteiger charge is 2.30. The van der Waals surface area contributed by atoms with Gasteiger partial charge in [-0.1, -0.05) is 41.4 Å². The third kappa shape index (κ3) is 5.11. The first-order valence-electron chi connectivity index (χ1n) is 9.39. The van der Waals surface area contributed by atoms with Crippen molar-refractivity contribution >= 4 is 58.0 Å². The topological polar surface area (TPSA) is 81.8 Å². The Kier molecular flexibility index (Phi) is 6.97. The van der Waals surface area contributed by atoms with E-state index in [1.54, 1.807) is 53.2 Å². The van der Waals surface area contributed by atoms with Crippen molar-refractivity contribution in [3.8, 4) is 0 Å². The second kappa shape index (κ2) is 9.47. The fourth-order valence-corrected chi connectivity index (χ4v) is 3.86. The predicted molar refractivity (Wildman–Crippen MR) is 119 cm³/mol. The number of hydrogen-bond donors (Lipinski definition) is 2. The lowest BCUT2D eigenvalue weighted by Gasteiger charge is -2.29. The summed E-state index contributed by atoms with van der Waals surface area (Å²) in [5, 5.41) is 6.17. The highest BCUT2D eigenvalue weighted by Crippen LogP contribution is 2.31. The predicted octanol–water partition coefficient (Wildman–Crippen LogP) is 3.63. The van der Waals surface area contributed by atoms with Crippen LogP contribution in [0.4, 0.5) is 17.1 Å². The number of fused-ring (bicyclic) bond motifs is 1. The van der Waals surface area contributed by atoms with Gasteiger partial charge in [0.15, 0.2) is 0 Å². The van der Waals surface area contributed by atoms with Crippen LogP contribution in [0.25, 0.3) is 0 Å². The smallest absolute Gasteiger partial charge is 0.241 e. The monoisotopic (exact) mass is 448 g/mol. The molecule has 0 saturated heterocycles. The summed E-state index contributed by atoms with van der Waals surface area (Å²) in [6.07, 6.45) is 0.190. The van der Waals surface area contributed by atoms with E-state index in [-0.39, 0.29) is 43.3 Å². The number of benzene rings is 2. The molecule has 0 fully saturated rings. The largest absolute Gasteiger partial charge is 0.324 e. The van der Waals surface area contributed by atoms with Crippen LogP contribution in [0.3, 0.4) is 0 Å². The van der Waals surface area contributed by atoms with E-state index in [1.807, 2.05) is 13.0 Å². The number of nitrogens with one attached hydrogen (secondary N) is 2. The molecule has 1 heterocycles. The standard InChI is InChI=1S/C21H22Cl2N4O3/c1-13-10-18(28)24-16-8-3-4-9-17(16)27(13)20(30)12-26(2)11-19(29)25-21-14(22)6-5-7-15(21)23/h3-9,13H,10-12H2,1-2H3,(H,24,28)(H,25,29)/t13-/m1/s1. The molecule has 2 aromatic rings. The molecule has 9 heteroatoms. The van der Waals surface area contributed by atoms with Crippen LogP contribution in [0, 0.1) is 0 Å². The number of amides is 3. The minimum absolute atomic E-state index is 0.00343. The Morgan fingerprint density at radius 1 is 1.13 bits per heavy atom. The first kappa shape index (κ1) is 22.1. The Labute approximate surface area is 184 Å². The molecule has 1 aliphatic heterocycles. The van der Waals surface area contributed by atoms with Crippen molar-refractivity contribution in [3.05, 3.63) is 52.5 Å². The van der Waals surface area contributed by atoms with Gasteiger partial charge in [0.2, 0.25) is 17.7 Å². The van der Waals surface area contributed by atoms with Crippen molar-refractivity contribution < 1.29 is 14.4 Å². The van der Waals surface area contributed by atoms with Crippen molar-refractivity contribution in [2.75, 3.05) is 35.7 Å². The van der Waals surface area contributed by atoms with Crippen LogP contribution < -0.4 is 15.5 Å². The van der Waals surface area contributed by atoms with Gasteiger partial charge < -0.3 is 15.5 Å². The molecule has 1 aliphatic rings. The molecule has 0 saturated carbocycles. The molecule has 7 nitrogen and oxygen atoms in total. The maximum Gasteiger partial charge on any atom is 0.241 e. The number of nitrogens with zero attached hydrogens (tertiary/aromatic N) is 2. The number of halogens is 2. The third-order valence-electron chi connectivity index (χ3n) is 4.67. The van der Waals surface area contributed by atoms with E-state index in [0.29, 0.717) is 27.1 Å². The lowest BCUT2D eigenvalue weighted by molar-refractivity contribution is -0.121. The minimum Gasteiger partial charge on any atom is -0.324 e. The summed E-state index contributed by atoms with van der Waals surface area (Å²) in [5.41, 5.74) is 1.57. The summed E-state index contributed by atoms with van der Waals surface area (Å²) >= 11 is 12.2. The molecule has 30 heavy (non-hydrogen) atoms. The van der Waals surface area contributed by atoms with Gasteiger partial charge >= 0.3 is 0 Å². The highest BCUT2D eigenvalue weighted by molar-refractivity contribution is 6.39. The summed E-state index contributed by atoms with van der Waals surface area (Å²) in [6, 6.07) is 11.8. The minimum atomic E-state index is -0.346. The number of para-hydroxylation sites is 3. The van der Waals surface area contributed by atoms with E-state index in [9.17, 15) is 14.4 Å². The van der Waals surface area contributed by atoms with Gasteiger partial charge in [-0.25, -0.2) is 0 Å². The number of rotatable bonds is 5. The van der Waals surface area contributed by atoms with Gasteiger partial charge in [0.1, 0.15) is 0 Å². The van der Waals surface area contributed by atoms with Gasteiger partial charge in [-0.15, -0.1) is 0 Å². The number of carbonyl (C=O) groups is 3. The quantitative estimate of drug-likeness (QED) is 0.731. The van der Waals surface area contributed by atoms with E-state index in [4.69, 9.17) is 23.2 Å². The molecule has 2 N–H and O–H groups in total. The average molecular weight is 449 g/mol. The van der Waals surface area contributed by atoms with E-state index in [1.165, 1.54) is 0 Å². The summed E-state index contributed by atoms with van der Waals surface area (Å²) in [4.78, 5) is 40.7. The summed E-state index contributed by atoms with van der Waals surface area (Å²) < 4.78 is 0. The molecular weight excluding hydrogens is 427 g/mol. The van der Waals surface area contributed by atoms with Crippen LogP contribution in [0.1, 0.15) is 13.3 Å². The van der Waals surface area contributed by atoms with Gasteiger partial charge in [-0.05, 0) is 38.2 Å². The van der Waals surface area contributed by atoms with Crippen LogP contribution in [-0.4, -0.2) is 48.8 Å². The summed E-state index contributed by atoms with van der Waals surface area (Å²) in [7, 11) is 1.67. The molecular formula is C21H22Cl2N4O3. The van der Waals surface area contributed by atoms with Crippen LogP contribution in [0.15, 0.2) is 42.5 Å². The van der Waals surface area contributed by atoms with Gasteiger partial charge in [0.25, 0.3) is 0 Å². The zero-order valence-corrected chi connectivity index (χ0v) is 18.1. The summed E-state index contributed by atoms with van der Waals surface area (Å²) in [5.74, 6) is -0.700. The second-order valence-corrected chi connectivity index (χ2v) is 8.01. The normalized spacial score (nSPS) is 16.0. The number of carbonyl (C=O) groups excluding carboxylic acids is 3. The fraction of sp³-hybridized carbons (Fsp3) is 0.286. The van der Waals surface area contributed by atoms with E-state index in [2.05, 4.69) is 10.6 Å². The van der Waals surface area contributed by atoms with E-state index < -0.39 is 0 Å². The molecule has 0 unspecified atom stereocenters. The van der Waals surface area contributed by atoms with Gasteiger partial charge in [0, 0.05) is 12.5 Å². The van der Waals surface area contributed by atoms with E-state index >= 15 is 0 Å². The van der Waals surface area contributed by atoms with Crippen molar-refractivity contribution in [1.29, 1.82) is 0 Å². The van der Waals surface area contributed by atoms with Crippen molar-refractivity contribution in [2.45, 2.75) is 19.4 Å². The Morgan fingerprint density at radius 2 is 1.80 bits per heavy atom. The number of hydrogen-bond acceptors (Lipinski definition) is 4. The molecule has 0 aliphatic carbocycles. The van der Waals surface area contributed by atoms with Crippen LogP contribution in [0.5, 0.6) is 0 Å². The SMILES string of the molecule is C[C@@H]1CC(=O)Nc2ccccc2N1C(=O)CN(C)CC(=O)Nc1c(Cl)cccc1Cl. The Hall–Kier alpha value is -2.61. The van der Waals surface area contributed by atoms with Crippen molar-refractivity contribution in [2.24, 2.45) is 0 Å². The summed E-state index contributed by atoms with van der Waals surface area (Å²) in [6.45, 7) is 1.79. The molecule has 3 amide bonds. The first-order chi connectivity index (χ1) is 14.3. The Morgan fingerprint density at radius 3 is 2.50 bits per heavy atom. The molecule has 158 valence electrons. The van der Waals surface area contributed by atoms with Gasteiger partial charge in [-0.2, -0.15) is 0 Å². The fourth-order valence-electron chi connectivity index (χ4n) is 3.37. The van der Waals surface area contributed by atoms with Crippen LogP contribution in [-0.2, 0) is 14.4 Å². The average Bonchev–Trinajstić information content (AvgIpc) is 2.78. The Balaban J connectivity index is 1.68. The van der Waals surface area contributed by atoms with E-state index in [0.717, 1.165) is 0 Å². The zero-order valence-electron chi connectivity index (χ0n) is 16.6. The lowest BCUT2D eigenvalue weighted by Crippen LogP contribution is -2.45. The van der Waals surface area contributed by atoms with Gasteiger partial charge in [-0.3, -0.25) is 19.3 Å². The zero-order chi connectivity index (χ0) is 21.8. The second-order valence-electron chi connectivity index (χ2n) is 7.20. The maximum atomic E-state index is 13.1. The maximum absolute atomic E-state index is 13.1. The van der Waals surface area contributed by atoms with Crippen LogP contribution >= 0.6 is 23.2 Å². The van der Waals surface area contributed by atoms with Crippen molar-refractivity contribution in [3.63, 3.8) is 0 Å².